The lowest BCUT2D eigenvalue weighted by Crippen LogP contribution is -2.42. The first-order chi connectivity index (χ1) is 13.1. The SMILES string of the molecule is C#Cc1ccn(C(c2ccccc2)C2CN(C)Cc3c(O)c(=O)cnn32)n1. The minimum Gasteiger partial charge on any atom is -0.503 e. The van der Waals surface area contributed by atoms with Gasteiger partial charge in [0.2, 0.25) is 5.43 Å². The Morgan fingerprint density at radius 3 is 2.78 bits per heavy atom. The standard InChI is InChI=1S/C20H19N5O2/c1-3-15-9-10-24(22-15)19(14-7-5-4-6-8-14)16-12-23(2)13-17-20(27)18(26)11-21-25(16)17/h1,4-11,16,19,27H,12-13H2,2H3. The molecule has 0 radical (unpaired) electrons. The van der Waals surface area contributed by atoms with E-state index in [4.69, 9.17) is 6.42 Å². The number of benzene rings is 1. The average Bonchev–Trinajstić information content (AvgIpc) is 3.15. The van der Waals surface area contributed by atoms with Gasteiger partial charge in [-0.2, -0.15) is 10.2 Å². The van der Waals surface area contributed by atoms with E-state index in [0.29, 0.717) is 24.5 Å². The fraction of sp³-hybridized carbons (Fsp3) is 0.250. The van der Waals surface area contributed by atoms with Gasteiger partial charge < -0.3 is 5.11 Å². The predicted octanol–water partition coefficient (Wildman–Crippen LogP) is 1.40. The summed E-state index contributed by atoms with van der Waals surface area (Å²) in [6, 6.07) is 11.4. The number of hydrogen-bond donors (Lipinski definition) is 1. The summed E-state index contributed by atoms with van der Waals surface area (Å²) in [6.07, 6.45) is 8.51. The quantitative estimate of drug-likeness (QED) is 0.714. The Labute approximate surface area is 156 Å². The smallest absolute Gasteiger partial charge is 0.242 e. The molecule has 27 heavy (non-hydrogen) atoms. The molecule has 0 saturated heterocycles. The average molecular weight is 361 g/mol. The fourth-order valence-electron chi connectivity index (χ4n) is 3.65. The summed E-state index contributed by atoms with van der Waals surface area (Å²) in [5.41, 5.74) is 1.62. The Bertz CT molecular complexity index is 1060. The molecule has 7 heteroatoms. The van der Waals surface area contributed by atoms with Crippen LogP contribution in [0.5, 0.6) is 5.75 Å². The molecule has 4 rings (SSSR count). The van der Waals surface area contributed by atoms with Crippen LogP contribution in [-0.2, 0) is 6.54 Å². The van der Waals surface area contributed by atoms with Gasteiger partial charge >= 0.3 is 0 Å². The van der Waals surface area contributed by atoms with E-state index in [1.807, 2.05) is 48.3 Å². The predicted molar refractivity (Wildman–Crippen MR) is 100 cm³/mol. The van der Waals surface area contributed by atoms with Crippen molar-refractivity contribution in [3.63, 3.8) is 0 Å². The Morgan fingerprint density at radius 1 is 1.30 bits per heavy atom. The highest BCUT2D eigenvalue weighted by molar-refractivity contribution is 5.29. The third-order valence-corrected chi connectivity index (χ3v) is 4.86. The van der Waals surface area contributed by atoms with Crippen molar-refractivity contribution in [3.8, 4) is 18.1 Å². The first-order valence-electron chi connectivity index (χ1n) is 8.63. The number of likely N-dealkylation sites (N-methyl/N-ethyl adjacent to an activating group) is 1. The summed E-state index contributed by atoms with van der Waals surface area (Å²) in [5.74, 6) is 2.30. The summed E-state index contributed by atoms with van der Waals surface area (Å²) >= 11 is 0. The zero-order chi connectivity index (χ0) is 19.0. The summed E-state index contributed by atoms with van der Waals surface area (Å²) < 4.78 is 3.57. The maximum absolute atomic E-state index is 11.9. The second-order valence-corrected chi connectivity index (χ2v) is 6.69. The zero-order valence-corrected chi connectivity index (χ0v) is 14.9. The molecule has 2 unspecified atom stereocenters. The van der Waals surface area contributed by atoms with Gasteiger partial charge in [-0.3, -0.25) is 19.1 Å². The molecule has 0 spiro atoms. The molecular weight excluding hydrogens is 342 g/mol. The van der Waals surface area contributed by atoms with E-state index in [-0.39, 0.29) is 17.8 Å². The van der Waals surface area contributed by atoms with Crippen molar-refractivity contribution < 1.29 is 5.11 Å². The van der Waals surface area contributed by atoms with Crippen LogP contribution in [0.1, 0.15) is 29.0 Å². The van der Waals surface area contributed by atoms with E-state index in [1.54, 1.807) is 10.7 Å². The van der Waals surface area contributed by atoms with Crippen LogP contribution < -0.4 is 5.43 Å². The van der Waals surface area contributed by atoms with Crippen molar-refractivity contribution in [2.24, 2.45) is 0 Å². The normalized spacial score (nSPS) is 17.9. The van der Waals surface area contributed by atoms with Crippen LogP contribution in [0.2, 0.25) is 0 Å². The van der Waals surface area contributed by atoms with Crippen LogP contribution >= 0.6 is 0 Å². The lowest BCUT2D eigenvalue weighted by Gasteiger charge is -2.37. The number of nitrogens with zero attached hydrogens (tertiary/aromatic N) is 5. The van der Waals surface area contributed by atoms with Crippen LogP contribution in [0.3, 0.4) is 0 Å². The summed E-state index contributed by atoms with van der Waals surface area (Å²) in [7, 11) is 1.95. The van der Waals surface area contributed by atoms with Gasteiger partial charge in [-0.05, 0) is 24.6 Å². The largest absolute Gasteiger partial charge is 0.503 e. The van der Waals surface area contributed by atoms with E-state index in [9.17, 15) is 9.90 Å². The van der Waals surface area contributed by atoms with Gasteiger partial charge in [0.05, 0.1) is 17.9 Å². The lowest BCUT2D eigenvalue weighted by molar-refractivity contribution is 0.163. The van der Waals surface area contributed by atoms with Crippen molar-refractivity contribution in [3.05, 3.63) is 76.0 Å². The lowest BCUT2D eigenvalue weighted by atomic mass is 9.97. The van der Waals surface area contributed by atoms with Gasteiger partial charge in [0.25, 0.3) is 0 Å². The highest BCUT2D eigenvalue weighted by Crippen LogP contribution is 2.35. The number of rotatable bonds is 3. The fourth-order valence-corrected chi connectivity index (χ4v) is 3.65. The molecule has 3 heterocycles. The van der Waals surface area contributed by atoms with Gasteiger partial charge in [-0.1, -0.05) is 30.3 Å². The van der Waals surface area contributed by atoms with Gasteiger partial charge in [-0.15, -0.1) is 6.42 Å². The molecule has 1 aromatic carbocycles. The van der Waals surface area contributed by atoms with Crippen LogP contribution in [-0.4, -0.2) is 43.2 Å². The van der Waals surface area contributed by atoms with Crippen molar-refractivity contribution in [1.29, 1.82) is 0 Å². The Balaban J connectivity index is 1.90. The Kier molecular flexibility index (Phi) is 4.26. The molecule has 0 bridgehead atoms. The highest BCUT2D eigenvalue weighted by atomic mass is 16.3. The molecule has 0 fully saturated rings. The van der Waals surface area contributed by atoms with Crippen LogP contribution in [0.25, 0.3) is 0 Å². The molecule has 3 aromatic rings. The van der Waals surface area contributed by atoms with Gasteiger partial charge in [0, 0.05) is 19.3 Å². The van der Waals surface area contributed by atoms with Crippen molar-refractivity contribution in [2.75, 3.05) is 13.6 Å². The van der Waals surface area contributed by atoms with Crippen molar-refractivity contribution >= 4 is 0 Å². The molecule has 0 saturated carbocycles. The molecular formula is C20H19N5O2. The van der Waals surface area contributed by atoms with Crippen LogP contribution in [0, 0.1) is 12.3 Å². The second kappa shape index (κ2) is 6.74. The van der Waals surface area contributed by atoms with E-state index in [0.717, 1.165) is 11.8 Å². The number of aromatic hydroxyl groups is 1. The molecule has 0 amide bonds. The van der Waals surface area contributed by atoms with Crippen molar-refractivity contribution in [2.45, 2.75) is 18.6 Å². The number of hydrogen-bond acceptors (Lipinski definition) is 5. The monoisotopic (exact) mass is 361 g/mol. The minimum atomic E-state index is -0.472. The first kappa shape index (κ1) is 17.1. The maximum Gasteiger partial charge on any atom is 0.242 e. The van der Waals surface area contributed by atoms with E-state index < -0.39 is 5.43 Å². The highest BCUT2D eigenvalue weighted by Gasteiger charge is 2.34. The van der Waals surface area contributed by atoms with Gasteiger partial charge in [0.15, 0.2) is 5.75 Å². The van der Waals surface area contributed by atoms with Gasteiger partial charge in [-0.25, -0.2) is 0 Å². The van der Waals surface area contributed by atoms with E-state index in [2.05, 4.69) is 21.0 Å². The van der Waals surface area contributed by atoms with Crippen LogP contribution in [0.15, 0.2) is 53.6 Å². The molecule has 136 valence electrons. The third kappa shape index (κ3) is 3.00. The molecule has 2 aromatic heterocycles. The number of aromatic nitrogens is 4. The topological polar surface area (TPSA) is 76.2 Å². The Morgan fingerprint density at radius 2 is 2.07 bits per heavy atom. The minimum absolute atomic E-state index is 0.182. The molecule has 1 N–H and O–H groups in total. The molecule has 0 aliphatic carbocycles. The second-order valence-electron chi connectivity index (χ2n) is 6.69. The maximum atomic E-state index is 11.9. The molecule has 1 aliphatic heterocycles. The molecule has 7 nitrogen and oxygen atoms in total. The van der Waals surface area contributed by atoms with E-state index in [1.165, 1.54) is 0 Å². The third-order valence-electron chi connectivity index (χ3n) is 4.86. The molecule has 2 atom stereocenters. The summed E-state index contributed by atoms with van der Waals surface area (Å²) in [6.45, 7) is 1.12. The number of fused-ring (bicyclic) bond motifs is 1. The summed E-state index contributed by atoms with van der Waals surface area (Å²) in [5, 5.41) is 19.1. The van der Waals surface area contributed by atoms with Gasteiger partial charge in [0.1, 0.15) is 11.7 Å². The first-order valence-corrected chi connectivity index (χ1v) is 8.63. The summed E-state index contributed by atoms with van der Waals surface area (Å²) in [4.78, 5) is 13.9. The molecule has 1 aliphatic rings. The Hall–Kier alpha value is -3.37. The zero-order valence-electron chi connectivity index (χ0n) is 14.9. The van der Waals surface area contributed by atoms with E-state index >= 15 is 0 Å². The number of terminal acetylenes is 1. The van der Waals surface area contributed by atoms with Crippen molar-refractivity contribution in [1.82, 2.24) is 24.5 Å². The van der Waals surface area contributed by atoms with Crippen LogP contribution in [0.4, 0.5) is 0 Å².